The average Bonchev–Trinajstić information content (AvgIpc) is 2.81. The minimum absolute atomic E-state index is 0.311. The number of methoxy groups -OCH3 is 1. The molecule has 0 aromatic carbocycles. The van der Waals surface area contributed by atoms with Crippen LogP contribution in [0.4, 0.5) is 0 Å². The molecule has 0 aromatic rings. The Hall–Kier alpha value is -0.163. The summed E-state index contributed by atoms with van der Waals surface area (Å²) >= 11 is 0. The SMILES string of the molecule is CO[C@@H]1C=C[C@@H]2[C@H]1N2CCCO[Si](C)(C)C(C)(C)C. The van der Waals surface area contributed by atoms with E-state index in [2.05, 4.69) is 50.9 Å². The zero-order valence-corrected chi connectivity index (χ0v) is 14.3. The van der Waals surface area contributed by atoms with Crippen molar-refractivity contribution in [3.8, 4) is 0 Å². The van der Waals surface area contributed by atoms with Gasteiger partial charge < -0.3 is 9.16 Å². The first-order chi connectivity index (χ1) is 8.78. The number of hydrogen-bond donors (Lipinski definition) is 0. The first-order valence-electron chi connectivity index (χ1n) is 7.39. The third-order valence-electron chi connectivity index (χ3n) is 4.96. The first kappa shape index (κ1) is 15.2. The maximum absolute atomic E-state index is 6.21. The lowest BCUT2D eigenvalue weighted by Crippen LogP contribution is -2.41. The second kappa shape index (κ2) is 5.32. The summed E-state index contributed by atoms with van der Waals surface area (Å²) in [6, 6.07) is 1.25. The Labute approximate surface area is 119 Å². The maximum Gasteiger partial charge on any atom is 0.191 e. The molecule has 1 aliphatic carbocycles. The van der Waals surface area contributed by atoms with Crippen molar-refractivity contribution in [2.75, 3.05) is 20.3 Å². The molecule has 0 spiro atoms. The summed E-state index contributed by atoms with van der Waals surface area (Å²) in [6.07, 6.45) is 5.92. The third-order valence-corrected chi connectivity index (χ3v) is 9.50. The fraction of sp³-hybridized carbons (Fsp3) is 0.867. The molecule has 0 amide bonds. The van der Waals surface area contributed by atoms with Gasteiger partial charge in [-0.05, 0) is 24.6 Å². The molecule has 1 aliphatic heterocycles. The minimum Gasteiger partial charge on any atom is -0.417 e. The van der Waals surface area contributed by atoms with Crippen LogP contribution in [-0.4, -0.2) is 51.7 Å². The van der Waals surface area contributed by atoms with Crippen LogP contribution in [0, 0.1) is 0 Å². The van der Waals surface area contributed by atoms with Crippen LogP contribution in [0.1, 0.15) is 27.2 Å². The highest BCUT2D eigenvalue weighted by atomic mass is 28.4. The summed E-state index contributed by atoms with van der Waals surface area (Å²) in [5, 5.41) is 0.313. The van der Waals surface area contributed by atoms with Gasteiger partial charge in [-0.2, -0.15) is 0 Å². The van der Waals surface area contributed by atoms with Crippen molar-refractivity contribution in [1.82, 2.24) is 4.90 Å². The Balaban J connectivity index is 1.66. The van der Waals surface area contributed by atoms with Crippen LogP contribution in [0.3, 0.4) is 0 Å². The lowest BCUT2D eigenvalue weighted by Gasteiger charge is -2.36. The van der Waals surface area contributed by atoms with Gasteiger partial charge in [0.15, 0.2) is 8.32 Å². The zero-order chi connectivity index (χ0) is 14.3. The molecule has 0 saturated carbocycles. The van der Waals surface area contributed by atoms with E-state index < -0.39 is 8.32 Å². The highest BCUT2D eigenvalue weighted by Crippen LogP contribution is 2.39. The molecule has 0 aromatic heterocycles. The summed E-state index contributed by atoms with van der Waals surface area (Å²) in [7, 11) is 0.238. The Morgan fingerprint density at radius 2 is 1.89 bits per heavy atom. The summed E-state index contributed by atoms with van der Waals surface area (Å²) in [5.74, 6) is 0. The monoisotopic (exact) mass is 283 g/mol. The molecule has 1 saturated heterocycles. The fourth-order valence-electron chi connectivity index (χ4n) is 2.57. The normalized spacial score (nSPS) is 33.6. The van der Waals surface area contributed by atoms with E-state index in [9.17, 15) is 0 Å². The molecule has 1 heterocycles. The summed E-state index contributed by atoms with van der Waals surface area (Å²) < 4.78 is 11.7. The van der Waals surface area contributed by atoms with Crippen molar-refractivity contribution >= 4 is 8.32 Å². The van der Waals surface area contributed by atoms with Gasteiger partial charge in [-0.15, -0.1) is 0 Å². The van der Waals surface area contributed by atoms with E-state index in [0.717, 1.165) is 19.6 Å². The Morgan fingerprint density at radius 1 is 1.21 bits per heavy atom. The molecule has 19 heavy (non-hydrogen) atoms. The molecule has 1 fully saturated rings. The minimum atomic E-state index is -1.56. The zero-order valence-electron chi connectivity index (χ0n) is 13.3. The maximum atomic E-state index is 6.21. The topological polar surface area (TPSA) is 21.5 Å². The van der Waals surface area contributed by atoms with E-state index >= 15 is 0 Å². The molecule has 2 aliphatic rings. The smallest absolute Gasteiger partial charge is 0.191 e. The van der Waals surface area contributed by atoms with Crippen LogP contribution in [-0.2, 0) is 9.16 Å². The largest absolute Gasteiger partial charge is 0.417 e. The highest BCUT2D eigenvalue weighted by Gasteiger charge is 2.52. The number of nitrogens with zero attached hydrogens (tertiary/aromatic N) is 1. The van der Waals surface area contributed by atoms with Crippen LogP contribution in [0.25, 0.3) is 0 Å². The van der Waals surface area contributed by atoms with Crippen LogP contribution >= 0.6 is 0 Å². The van der Waals surface area contributed by atoms with Crippen LogP contribution in [0.5, 0.6) is 0 Å². The van der Waals surface area contributed by atoms with Crippen molar-refractivity contribution in [3.63, 3.8) is 0 Å². The molecule has 4 heteroatoms. The molecule has 110 valence electrons. The first-order valence-corrected chi connectivity index (χ1v) is 10.3. The summed E-state index contributed by atoms with van der Waals surface area (Å²) in [4.78, 5) is 2.52. The highest BCUT2D eigenvalue weighted by molar-refractivity contribution is 6.74. The molecular formula is C15H29NO2Si. The van der Waals surface area contributed by atoms with Gasteiger partial charge in [0.1, 0.15) is 0 Å². The quantitative estimate of drug-likeness (QED) is 0.324. The molecule has 4 atom stereocenters. The summed E-state index contributed by atoms with van der Waals surface area (Å²) in [5.41, 5.74) is 0. The van der Waals surface area contributed by atoms with E-state index in [1.165, 1.54) is 0 Å². The second-order valence-corrected chi connectivity index (χ2v) is 12.1. The van der Waals surface area contributed by atoms with Gasteiger partial charge in [-0.25, -0.2) is 0 Å². The molecule has 0 bridgehead atoms. The molecule has 1 unspecified atom stereocenters. The van der Waals surface area contributed by atoms with Crippen molar-refractivity contribution < 1.29 is 9.16 Å². The van der Waals surface area contributed by atoms with Gasteiger partial charge in [0.05, 0.1) is 12.1 Å². The van der Waals surface area contributed by atoms with E-state index in [4.69, 9.17) is 9.16 Å². The average molecular weight is 283 g/mol. The van der Waals surface area contributed by atoms with E-state index in [0.29, 0.717) is 23.2 Å². The van der Waals surface area contributed by atoms with Gasteiger partial charge in [-0.3, -0.25) is 4.90 Å². The third kappa shape index (κ3) is 3.12. The predicted octanol–water partition coefficient (Wildman–Crippen LogP) is 3.04. The van der Waals surface area contributed by atoms with Gasteiger partial charge in [-0.1, -0.05) is 32.9 Å². The molecule has 0 N–H and O–H groups in total. The number of fused-ring (bicyclic) bond motifs is 1. The summed E-state index contributed by atoms with van der Waals surface area (Å²) in [6.45, 7) is 13.6. The van der Waals surface area contributed by atoms with Gasteiger partial charge >= 0.3 is 0 Å². The van der Waals surface area contributed by atoms with Gasteiger partial charge in [0.25, 0.3) is 0 Å². The van der Waals surface area contributed by atoms with Crippen molar-refractivity contribution in [2.45, 2.75) is 63.5 Å². The van der Waals surface area contributed by atoms with E-state index in [1.807, 2.05) is 0 Å². The van der Waals surface area contributed by atoms with Gasteiger partial charge in [0, 0.05) is 26.3 Å². The number of rotatable bonds is 6. The molecular weight excluding hydrogens is 254 g/mol. The van der Waals surface area contributed by atoms with Crippen molar-refractivity contribution in [2.24, 2.45) is 0 Å². The molecule has 0 radical (unpaired) electrons. The van der Waals surface area contributed by atoms with Crippen LogP contribution in [0.2, 0.25) is 18.1 Å². The Bertz CT molecular complexity index is 349. The lowest BCUT2D eigenvalue weighted by atomic mass is 10.2. The van der Waals surface area contributed by atoms with Crippen molar-refractivity contribution in [1.29, 1.82) is 0 Å². The predicted molar refractivity (Wildman–Crippen MR) is 82.0 cm³/mol. The molecule has 2 rings (SSSR count). The standard InChI is InChI=1S/C15H29NO2Si/c1-15(2,3)19(5,6)18-11-7-10-16-12-8-9-13(17-4)14(12)16/h8-9,12-14H,7,10-11H2,1-6H3/t12-,13-,14-,16?/m1/s1. The van der Waals surface area contributed by atoms with Gasteiger partial charge in [0.2, 0.25) is 0 Å². The van der Waals surface area contributed by atoms with Crippen LogP contribution in [0.15, 0.2) is 12.2 Å². The number of hydrogen-bond acceptors (Lipinski definition) is 3. The van der Waals surface area contributed by atoms with Crippen molar-refractivity contribution in [3.05, 3.63) is 12.2 Å². The molecule has 3 nitrogen and oxygen atoms in total. The van der Waals surface area contributed by atoms with Crippen LogP contribution < -0.4 is 0 Å². The second-order valence-electron chi connectivity index (χ2n) is 7.27. The lowest BCUT2D eigenvalue weighted by molar-refractivity contribution is 0.127. The number of ether oxygens (including phenoxy) is 1. The Kier molecular flexibility index (Phi) is 4.26. The Morgan fingerprint density at radius 3 is 2.47 bits per heavy atom. The van der Waals surface area contributed by atoms with E-state index in [1.54, 1.807) is 7.11 Å². The van der Waals surface area contributed by atoms with E-state index in [-0.39, 0.29) is 0 Å². The fourth-order valence-corrected chi connectivity index (χ4v) is 3.66.